The van der Waals surface area contributed by atoms with Crippen molar-refractivity contribution < 1.29 is 0 Å². The summed E-state index contributed by atoms with van der Waals surface area (Å²) in [6.45, 7) is 4.74. The second kappa shape index (κ2) is 6.68. The van der Waals surface area contributed by atoms with Gasteiger partial charge >= 0.3 is 0 Å². The molecule has 10 heavy (non-hydrogen) atoms. The molecule has 0 spiro atoms. The molecule has 0 fully saturated rings. The van der Waals surface area contributed by atoms with Crippen LogP contribution in [-0.2, 0) is 0 Å². The van der Waals surface area contributed by atoms with Crippen LogP contribution in [0.5, 0.6) is 0 Å². The van der Waals surface area contributed by atoms with Crippen LogP contribution >= 0.6 is 11.8 Å². The number of nitrogens with zero attached hydrogens (tertiary/aromatic N) is 1. The van der Waals surface area contributed by atoms with Crippen molar-refractivity contribution in [3.05, 3.63) is 12.2 Å². The van der Waals surface area contributed by atoms with Crippen LogP contribution in [0.3, 0.4) is 0 Å². The molecule has 0 atom stereocenters. The number of aliphatic imine (C=N–C) groups is 1. The molecule has 0 aliphatic carbocycles. The lowest BCUT2D eigenvalue weighted by Crippen LogP contribution is -2.06. The maximum absolute atomic E-state index is 5.50. The zero-order valence-electron chi connectivity index (χ0n) is 6.50. The summed E-state index contributed by atoms with van der Waals surface area (Å²) >= 11 is 1.57. The number of rotatable bonds is 3. The molecule has 0 aromatic heterocycles. The standard InChI is InChI=1S/C7H14N2S/c1-3-5-6-10-7(8)9-4-2/h3,5H,4,6H2,1-2H3,(H2,8,9)/b5-3+. The van der Waals surface area contributed by atoms with Gasteiger partial charge < -0.3 is 5.73 Å². The van der Waals surface area contributed by atoms with Gasteiger partial charge in [-0.1, -0.05) is 23.9 Å². The largest absolute Gasteiger partial charge is 0.379 e. The Morgan fingerprint density at radius 1 is 1.70 bits per heavy atom. The molecule has 0 rings (SSSR count). The fourth-order valence-electron chi connectivity index (χ4n) is 0.431. The highest BCUT2D eigenvalue weighted by Gasteiger charge is 1.87. The van der Waals surface area contributed by atoms with Crippen molar-refractivity contribution >= 4 is 16.9 Å². The summed E-state index contributed by atoms with van der Waals surface area (Å²) in [5, 5.41) is 0.681. The minimum atomic E-state index is 0.681. The third-order valence-corrected chi connectivity index (χ3v) is 1.66. The van der Waals surface area contributed by atoms with E-state index >= 15 is 0 Å². The van der Waals surface area contributed by atoms with Crippen molar-refractivity contribution in [3.63, 3.8) is 0 Å². The van der Waals surface area contributed by atoms with Crippen LogP contribution in [0.15, 0.2) is 17.1 Å². The summed E-state index contributed by atoms with van der Waals surface area (Å²) < 4.78 is 0. The molecule has 3 heteroatoms. The van der Waals surface area contributed by atoms with E-state index in [0.717, 1.165) is 12.3 Å². The molecule has 0 saturated heterocycles. The van der Waals surface area contributed by atoms with E-state index in [9.17, 15) is 0 Å². The first-order valence-electron chi connectivity index (χ1n) is 3.35. The average Bonchev–Trinajstić information content (AvgIpc) is 1.89. The molecule has 0 aromatic rings. The van der Waals surface area contributed by atoms with E-state index in [2.05, 4.69) is 11.1 Å². The number of hydrogen-bond donors (Lipinski definition) is 1. The van der Waals surface area contributed by atoms with Crippen LogP contribution in [-0.4, -0.2) is 17.5 Å². The Hall–Kier alpha value is -0.440. The summed E-state index contributed by atoms with van der Waals surface area (Å²) in [6, 6.07) is 0. The van der Waals surface area contributed by atoms with Gasteiger partial charge in [-0.2, -0.15) is 0 Å². The summed E-state index contributed by atoms with van der Waals surface area (Å²) in [5.74, 6) is 0.922. The Bertz CT molecular complexity index is 130. The van der Waals surface area contributed by atoms with Crippen LogP contribution < -0.4 is 5.73 Å². The molecule has 0 aromatic carbocycles. The molecule has 0 bridgehead atoms. The quantitative estimate of drug-likeness (QED) is 0.385. The van der Waals surface area contributed by atoms with Gasteiger partial charge in [-0.05, 0) is 13.8 Å². The summed E-state index contributed by atoms with van der Waals surface area (Å²) in [5.41, 5.74) is 5.50. The highest BCUT2D eigenvalue weighted by Crippen LogP contribution is 1.99. The number of thioether (sulfide) groups is 1. The van der Waals surface area contributed by atoms with Crippen molar-refractivity contribution in [2.24, 2.45) is 10.7 Å². The van der Waals surface area contributed by atoms with Crippen LogP contribution in [0.4, 0.5) is 0 Å². The molecule has 0 amide bonds. The van der Waals surface area contributed by atoms with Gasteiger partial charge in [-0.15, -0.1) is 0 Å². The van der Waals surface area contributed by atoms with Gasteiger partial charge in [0.25, 0.3) is 0 Å². The fourth-order valence-corrected chi connectivity index (χ4v) is 1.11. The van der Waals surface area contributed by atoms with Crippen molar-refractivity contribution in [1.82, 2.24) is 0 Å². The van der Waals surface area contributed by atoms with Crippen molar-refractivity contribution in [2.75, 3.05) is 12.3 Å². The van der Waals surface area contributed by atoms with Gasteiger partial charge in [0.15, 0.2) is 5.17 Å². The minimum Gasteiger partial charge on any atom is -0.379 e. The van der Waals surface area contributed by atoms with E-state index in [-0.39, 0.29) is 0 Å². The van der Waals surface area contributed by atoms with Gasteiger partial charge in [0.1, 0.15) is 0 Å². The van der Waals surface area contributed by atoms with Crippen LogP contribution in [0.25, 0.3) is 0 Å². The second-order valence-corrected chi connectivity index (χ2v) is 2.73. The molecule has 0 aliphatic heterocycles. The van der Waals surface area contributed by atoms with E-state index in [0.29, 0.717) is 5.17 Å². The van der Waals surface area contributed by atoms with Gasteiger partial charge in [0.2, 0.25) is 0 Å². The molecule has 0 heterocycles. The van der Waals surface area contributed by atoms with E-state index in [4.69, 9.17) is 5.73 Å². The Morgan fingerprint density at radius 2 is 2.40 bits per heavy atom. The van der Waals surface area contributed by atoms with Gasteiger partial charge in [-0.25, -0.2) is 0 Å². The Kier molecular flexibility index (Phi) is 6.38. The normalized spacial score (nSPS) is 12.8. The van der Waals surface area contributed by atoms with E-state index in [1.165, 1.54) is 0 Å². The third-order valence-electron chi connectivity index (χ3n) is 0.877. The Morgan fingerprint density at radius 3 is 2.90 bits per heavy atom. The first-order chi connectivity index (χ1) is 4.81. The highest BCUT2D eigenvalue weighted by molar-refractivity contribution is 8.13. The predicted molar refractivity (Wildman–Crippen MR) is 49.4 cm³/mol. The molecule has 0 radical (unpaired) electrons. The number of allylic oxidation sites excluding steroid dienone is 1. The molecule has 2 N–H and O–H groups in total. The van der Waals surface area contributed by atoms with Gasteiger partial charge in [0.05, 0.1) is 0 Å². The summed E-state index contributed by atoms with van der Waals surface area (Å²) in [7, 11) is 0. The average molecular weight is 158 g/mol. The summed E-state index contributed by atoms with van der Waals surface area (Å²) in [4.78, 5) is 4.02. The van der Waals surface area contributed by atoms with Gasteiger partial charge in [0, 0.05) is 12.3 Å². The molecular weight excluding hydrogens is 144 g/mol. The van der Waals surface area contributed by atoms with Crippen LogP contribution in [0, 0.1) is 0 Å². The smallest absolute Gasteiger partial charge is 0.154 e. The number of amidine groups is 1. The lowest BCUT2D eigenvalue weighted by molar-refractivity contribution is 1.13. The molecular formula is C7H14N2S. The van der Waals surface area contributed by atoms with Crippen LogP contribution in [0.2, 0.25) is 0 Å². The predicted octanol–water partition coefficient (Wildman–Crippen LogP) is 1.63. The van der Waals surface area contributed by atoms with Crippen LogP contribution in [0.1, 0.15) is 13.8 Å². The van der Waals surface area contributed by atoms with Crippen molar-refractivity contribution in [2.45, 2.75) is 13.8 Å². The fraction of sp³-hybridized carbons (Fsp3) is 0.571. The lowest BCUT2D eigenvalue weighted by atomic mass is 10.6. The van der Waals surface area contributed by atoms with E-state index in [1.807, 2.05) is 19.9 Å². The van der Waals surface area contributed by atoms with E-state index < -0.39 is 0 Å². The monoisotopic (exact) mass is 158 g/mol. The molecule has 0 unspecified atom stereocenters. The minimum absolute atomic E-state index is 0.681. The molecule has 58 valence electrons. The van der Waals surface area contributed by atoms with Gasteiger partial charge in [-0.3, -0.25) is 4.99 Å². The lowest BCUT2D eigenvalue weighted by Gasteiger charge is -1.93. The first-order valence-corrected chi connectivity index (χ1v) is 4.33. The highest BCUT2D eigenvalue weighted by atomic mass is 32.2. The topological polar surface area (TPSA) is 38.4 Å². The van der Waals surface area contributed by atoms with E-state index in [1.54, 1.807) is 11.8 Å². The Balaban J connectivity index is 3.38. The SMILES string of the molecule is C/C=C/CSC(N)=NCC. The Labute approximate surface area is 66.6 Å². The molecule has 0 aliphatic rings. The molecule has 2 nitrogen and oxygen atoms in total. The third kappa shape index (κ3) is 5.69. The number of hydrogen-bond acceptors (Lipinski definition) is 2. The van der Waals surface area contributed by atoms with Crippen molar-refractivity contribution in [3.8, 4) is 0 Å². The maximum atomic E-state index is 5.50. The second-order valence-electron chi connectivity index (χ2n) is 1.69. The van der Waals surface area contributed by atoms with Crippen molar-refractivity contribution in [1.29, 1.82) is 0 Å². The zero-order chi connectivity index (χ0) is 7.82. The summed E-state index contributed by atoms with van der Waals surface area (Å²) in [6.07, 6.45) is 4.06. The molecule has 0 saturated carbocycles. The maximum Gasteiger partial charge on any atom is 0.154 e. The number of nitrogens with two attached hydrogens (primary N) is 1. The zero-order valence-corrected chi connectivity index (χ0v) is 7.32. The first kappa shape index (κ1) is 9.56.